The second-order valence-corrected chi connectivity index (χ2v) is 8.30. The summed E-state index contributed by atoms with van der Waals surface area (Å²) in [6.07, 6.45) is 3.96. The van der Waals surface area contributed by atoms with Crippen LogP contribution in [0.15, 0.2) is 41.5 Å². The number of ether oxygens (including phenoxy) is 1. The van der Waals surface area contributed by atoms with Gasteiger partial charge in [0.25, 0.3) is 0 Å². The van der Waals surface area contributed by atoms with Gasteiger partial charge in [0, 0.05) is 42.4 Å². The second kappa shape index (κ2) is 8.58. The topological polar surface area (TPSA) is 113 Å². The van der Waals surface area contributed by atoms with Crippen LogP contribution in [-0.2, 0) is 0 Å². The Labute approximate surface area is 184 Å². The van der Waals surface area contributed by atoms with Gasteiger partial charge in [0.1, 0.15) is 17.1 Å². The minimum absolute atomic E-state index is 0.0622. The molecule has 4 heterocycles. The number of anilines is 3. The third-order valence-electron chi connectivity index (χ3n) is 5.86. The van der Waals surface area contributed by atoms with Gasteiger partial charge in [0.05, 0.1) is 17.5 Å². The Balaban J connectivity index is 1.37. The molecule has 2 atom stereocenters. The van der Waals surface area contributed by atoms with Gasteiger partial charge in [-0.1, -0.05) is 6.92 Å². The monoisotopic (exact) mass is 435 g/mol. The highest BCUT2D eigenvalue weighted by atomic mass is 19.1. The Morgan fingerprint density at radius 1 is 1.22 bits per heavy atom. The van der Waals surface area contributed by atoms with Crippen LogP contribution in [0.1, 0.15) is 31.4 Å². The molecule has 9 heteroatoms. The van der Waals surface area contributed by atoms with E-state index in [1.807, 2.05) is 25.3 Å². The molecule has 0 spiro atoms. The molecule has 5 N–H and O–H groups in total. The Bertz CT molecular complexity index is 1250. The van der Waals surface area contributed by atoms with Gasteiger partial charge in [-0.3, -0.25) is 4.99 Å². The van der Waals surface area contributed by atoms with Gasteiger partial charge in [-0.25, -0.2) is 9.37 Å². The fraction of sp³-hybridized carbons (Fsp3) is 0.348. The van der Waals surface area contributed by atoms with Crippen molar-refractivity contribution in [3.05, 3.63) is 58.7 Å². The zero-order chi connectivity index (χ0) is 22.1. The van der Waals surface area contributed by atoms with Crippen molar-refractivity contribution in [2.45, 2.75) is 25.7 Å². The Morgan fingerprint density at radius 3 is 2.94 bits per heavy atom. The van der Waals surface area contributed by atoms with Gasteiger partial charge in [-0.05, 0) is 37.6 Å². The number of aromatic amines is 1. The lowest BCUT2D eigenvalue weighted by Gasteiger charge is -2.22. The van der Waals surface area contributed by atoms with E-state index in [0.29, 0.717) is 29.7 Å². The molecular weight excluding hydrogens is 409 g/mol. The minimum atomic E-state index is -0.465. The van der Waals surface area contributed by atoms with Crippen molar-refractivity contribution in [2.75, 3.05) is 30.7 Å². The van der Waals surface area contributed by atoms with Crippen LogP contribution in [0, 0.1) is 11.7 Å². The molecule has 2 unspecified atom stereocenters. The lowest BCUT2D eigenvalue weighted by atomic mass is 9.96. The lowest BCUT2D eigenvalue weighted by Crippen LogP contribution is -2.35. The van der Waals surface area contributed by atoms with Crippen molar-refractivity contribution in [3.63, 3.8) is 0 Å². The average molecular weight is 436 g/mol. The number of hydrogen-bond acceptors (Lipinski definition) is 7. The van der Waals surface area contributed by atoms with E-state index in [9.17, 15) is 4.39 Å². The zero-order valence-corrected chi connectivity index (χ0v) is 17.9. The van der Waals surface area contributed by atoms with Crippen LogP contribution in [0.2, 0.25) is 0 Å². The molecule has 2 aliphatic heterocycles. The molecule has 3 aromatic rings. The number of nitrogens with one attached hydrogen (secondary N) is 3. The van der Waals surface area contributed by atoms with Gasteiger partial charge in [0.2, 0.25) is 5.95 Å². The number of benzene rings is 1. The SMILES string of the molecule is CC1CN=c2[nH]ccc2=C1Oc1ccc(Nc2cc(C3CCCNC3)nc(N)n2)cc1F. The molecule has 8 nitrogen and oxygen atoms in total. The van der Waals surface area contributed by atoms with Gasteiger partial charge in [-0.15, -0.1) is 0 Å². The van der Waals surface area contributed by atoms with Crippen molar-refractivity contribution in [1.29, 1.82) is 0 Å². The summed E-state index contributed by atoms with van der Waals surface area (Å²) in [6.45, 7) is 4.50. The predicted octanol–water partition coefficient (Wildman–Crippen LogP) is 2.19. The second-order valence-electron chi connectivity index (χ2n) is 8.30. The average Bonchev–Trinajstić information content (AvgIpc) is 3.26. The van der Waals surface area contributed by atoms with E-state index in [-0.39, 0.29) is 17.6 Å². The number of aromatic nitrogens is 3. The quantitative estimate of drug-likeness (QED) is 0.489. The van der Waals surface area contributed by atoms with Crippen LogP contribution in [0.3, 0.4) is 0 Å². The Kier molecular flexibility index (Phi) is 5.48. The Morgan fingerprint density at radius 2 is 2.12 bits per heavy atom. The van der Waals surface area contributed by atoms with E-state index >= 15 is 0 Å². The molecule has 0 saturated carbocycles. The van der Waals surface area contributed by atoms with Crippen LogP contribution in [0.4, 0.5) is 21.8 Å². The number of H-pyrrole nitrogens is 1. The molecule has 0 radical (unpaired) electrons. The zero-order valence-electron chi connectivity index (χ0n) is 17.9. The molecule has 2 aromatic heterocycles. The highest BCUT2D eigenvalue weighted by molar-refractivity contribution is 5.59. The smallest absolute Gasteiger partial charge is 0.222 e. The van der Waals surface area contributed by atoms with E-state index in [0.717, 1.165) is 42.3 Å². The molecule has 2 aliphatic rings. The number of fused-ring (bicyclic) bond motifs is 1. The molecular formula is C23H26FN7O. The first-order valence-electron chi connectivity index (χ1n) is 10.9. The van der Waals surface area contributed by atoms with Crippen LogP contribution < -0.4 is 31.8 Å². The van der Waals surface area contributed by atoms with Gasteiger partial charge in [-0.2, -0.15) is 4.98 Å². The van der Waals surface area contributed by atoms with Crippen LogP contribution in [-0.4, -0.2) is 34.6 Å². The van der Waals surface area contributed by atoms with Crippen molar-refractivity contribution in [3.8, 4) is 5.75 Å². The molecule has 5 rings (SSSR count). The maximum absolute atomic E-state index is 14.9. The summed E-state index contributed by atoms with van der Waals surface area (Å²) in [7, 11) is 0. The van der Waals surface area contributed by atoms with E-state index in [4.69, 9.17) is 10.5 Å². The molecule has 1 fully saturated rings. The highest BCUT2D eigenvalue weighted by Crippen LogP contribution is 2.29. The molecule has 1 saturated heterocycles. The molecule has 166 valence electrons. The summed E-state index contributed by atoms with van der Waals surface area (Å²) in [6, 6.07) is 8.55. The summed E-state index contributed by atoms with van der Waals surface area (Å²) >= 11 is 0. The summed E-state index contributed by atoms with van der Waals surface area (Å²) in [5.41, 5.74) is 8.14. The number of nitrogens with zero attached hydrogens (tertiary/aromatic N) is 3. The third-order valence-corrected chi connectivity index (χ3v) is 5.86. The van der Waals surface area contributed by atoms with Crippen molar-refractivity contribution in [2.24, 2.45) is 10.9 Å². The normalized spacial score (nSPS) is 20.4. The number of nitrogens with two attached hydrogens (primary N) is 1. The predicted molar refractivity (Wildman–Crippen MR) is 121 cm³/mol. The first kappa shape index (κ1) is 20.4. The van der Waals surface area contributed by atoms with Crippen LogP contribution >= 0.6 is 0 Å². The van der Waals surface area contributed by atoms with E-state index < -0.39 is 5.82 Å². The fourth-order valence-corrected chi connectivity index (χ4v) is 4.21. The number of rotatable bonds is 5. The van der Waals surface area contributed by atoms with Crippen molar-refractivity contribution < 1.29 is 9.13 Å². The summed E-state index contributed by atoms with van der Waals surface area (Å²) in [5.74, 6) is 1.51. The van der Waals surface area contributed by atoms with E-state index in [2.05, 4.69) is 30.6 Å². The van der Waals surface area contributed by atoms with Gasteiger partial charge < -0.3 is 26.1 Å². The third kappa shape index (κ3) is 4.16. The molecule has 0 amide bonds. The minimum Gasteiger partial charge on any atom is -0.458 e. The number of hydrogen-bond donors (Lipinski definition) is 4. The largest absolute Gasteiger partial charge is 0.458 e. The maximum atomic E-state index is 14.9. The maximum Gasteiger partial charge on any atom is 0.222 e. The summed E-state index contributed by atoms with van der Waals surface area (Å²) < 4.78 is 20.9. The summed E-state index contributed by atoms with van der Waals surface area (Å²) in [4.78, 5) is 16.2. The van der Waals surface area contributed by atoms with Gasteiger partial charge >= 0.3 is 0 Å². The lowest BCUT2D eigenvalue weighted by molar-refractivity contribution is 0.413. The first-order chi connectivity index (χ1) is 15.6. The molecule has 0 bridgehead atoms. The first-order valence-corrected chi connectivity index (χ1v) is 10.9. The van der Waals surface area contributed by atoms with Crippen molar-refractivity contribution >= 4 is 23.2 Å². The van der Waals surface area contributed by atoms with E-state index in [1.165, 1.54) is 6.07 Å². The van der Waals surface area contributed by atoms with E-state index in [1.54, 1.807) is 12.1 Å². The molecule has 1 aromatic carbocycles. The highest BCUT2D eigenvalue weighted by Gasteiger charge is 2.20. The molecule has 0 aliphatic carbocycles. The number of halogens is 1. The number of piperidine rings is 1. The van der Waals surface area contributed by atoms with Crippen LogP contribution in [0.5, 0.6) is 5.75 Å². The Hall–Kier alpha value is -3.46. The standard InChI is InChI=1S/C23H26FN7O/c1-13-11-28-22-16(6-8-27-22)21(13)32-19-5-4-15(9-17(19)24)29-20-10-18(30-23(25)31-20)14-3-2-7-26-12-14/h4-6,8-10,13-14,26H,2-3,7,11-12H2,1H3,(H,27,28)(H3,25,29,30,31). The van der Waals surface area contributed by atoms with Crippen LogP contribution in [0.25, 0.3) is 5.76 Å². The van der Waals surface area contributed by atoms with Gasteiger partial charge in [0.15, 0.2) is 11.6 Å². The summed E-state index contributed by atoms with van der Waals surface area (Å²) in [5, 5.41) is 7.39. The fourth-order valence-electron chi connectivity index (χ4n) is 4.21. The molecule has 32 heavy (non-hydrogen) atoms. The van der Waals surface area contributed by atoms with Crippen molar-refractivity contribution in [1.82, 2.24) is 20.3 Å². The number of nitrogen functional groups attached to an aromatic ring is 1.